The number of benzene rings is 2. The van der Waals surface area contributed by atoms with Gasteiger partial charge in [-0.1, -0.05) is 30.3 Å². The Hall–Kier alpha value is -3.49. The first-order chi connectivity index (χ1) is 14.5. The molecule has 0 aliphatic heterocycles. The molecule has 0 aliphatic carbocycles. The highest BCUT2D eigenvalue weighted by Gasteiger charge is 2.15. The number of hydrogen-bond acceptors (Lipinski definition) is 6. The van der Waals surface area contributed by atoms with Crippen LogP contribution in [-0.4, -0.2) is 13.4 Å². The molecule has 1 N–H and O–H groups in total. The van der Waals surface area contributed by atoms with E-state index in [-0.39, 0.29) is 11.4 Å². The number of nitrogens with zero attached hydrogens (tertiary/aromatic N) is 1. The molecule has 8 heteroatoms. The molecule has 30 heavy (non-hydrogen) atoms. The number of ether oxygens (including phenoxy) is 1. The van der Waals surface area contributed by atoms with Gasteiger partial charge in [0, 0.05) is 30.3 Å². The van der Waals surface area contributed by atoms with E-state index >= 15 is 0 Å². The molecule has 152 valence electrons. The summed E-state index contributed by atoms with van der Waals surface area (Å²) in [6.45, 7) is 0.449. The first-order valence-corrected chi connectivity index (χ1v) is 10.6. The molecule has 0 saturated carbocycles. The molecule has 2 aromatic heterocycles. The van der Waals surface area contributed by atoms with Gasteiger partial charge in [-0.25, -0.2) is 22.9 Å². The van der Waals surface area contributed by atoms with Gasteiger partial charge in [0.25, 0.3) is 0 Å². The van der Waals surface area contributed by atoms with Crippen LogP contribution >= 0.6 is 0 Å². The second-order valence-electron chi connectivity index (χ2n) is 6.56. The maximum atomic E-state index is 12.7. The standard InChI is InChI=1S/C22H18N2O5S/c25-22-9-6-18-13-19(7-8-20(18)29-22)30(26,27)24-14-17-10-11-23-21(12-17)28-15-16-4-2-1-3-5-16/h1-13,24H,14-15H2. The van der Waals surface area contributed by atoms with E-state index in [4.69, 9.17) is 9.15 Å². The second-order valence-corrected chi connectivity index (χ2v) is 8.32. The van der Waals surface area contributed by atoms with Crippen LogP contribution in [0.5, 0.6) is 5.88 Å². The molecule has 0 radical (unpaired) electrons. The van der Waals surface area contributed by atoms with Gasteiger partial charge < -0.3 is 9.15 Å². The number of sulfonamides is 1. The van der Waals surface area contributed by atoms with E-state index in [1.165, 1.54) is 30.3 Å². The summed E-state index contributed by atoms with van der Waals surface area (Å²) in [5.41, 5.74) is 1.57. The molecule has 2 aromatic carbocycles. The third-order valence-electron chi connectivity index (χ3n) is 4.40. The van der Waals surface area contributed by atoms with Crippen molar-refractivity contribution in [1.82, 2.24) is 9.71 Å². The summed E-state index contributed by atoms with van der Waals surface area (Å²) >= 11 is 0. The van der Waals surface area contributed by atoms with Gasteiger partial charge in [-0.2, -0.15) is 0 Å². The summed E-state index contributed by atoms with van der Waals surface area (Å²) in [6, 6.07) is 20.2. The summed E-state index contributed by atoms with van der Waals surface area (Å²) in [6.07, 6.45) is 1.57. The van der Waals surface area contributed by atoms with Crippen molar-refractivity contribution in [2.24, 2.45) is 0 Å². The van der Waals surface area contributed by atoms with E-state index < -0.39 is 15.6 Å². The Morgan fingerprint density at radius 3 is 2.60 bits per heavy atom. The second kappa shape index (κ2) is 8.48. The molecule has 2 heterocycles. The average molecular weight is 422 g/mol. The fourth-order valence-electron chi connectivity index (χ4n) is 2.85. The minimum absolute atomic E-state index is 0.0778. The van der Waals surface area contributed by atoms with E-state index in [0.29, 0.717) is 29.0 Å². The number of aromatic nitrogens is 1. The number of hydrogen-bond donors (Lipinski definition) is 1. The van der Waals surface area contributed by atoms with Crippen molar-refractivity contribution in [3.63, 3.8) is 0 Å². The van der Waals surface area contributed by atoms with Crippen LogP contribution < -0.4 is 15.1 Å². The van der Waals surface area contributed by atoms with Crippen molar-refractivity contribution < 1.29 is 17.6 Å². The lowest BCUT2D eigenvalue weighted by Gasteiger charge is -2.09. The molecule has 0 atom stereocenters. The lowest BCUT2D eigenvalue weighted by Crippen LogP contribution is -2.23. The Balaban J connectivity index is 1.44. The van der Waals surface area contributed by atoms with Crippen LogP contribution in [0.1, 0.15) is 11.1 Å². The average Bonchev–Trinajstić information content (AvgIpc) is 2.77. The molecule has 0 fully saturated rings. The molecule has 0 aliphatic rings. The Labute approximate surface area is 173 Å². The highest BCUT2D eigenvalue weighted by atomic mass is 32.2. The van der Waals surface area contributed by atoms with Gasteiger partial charge in [-0.15, -0.1) is 0 Å². The van der Waals surface area contributed by atoms with Crippen LogP contribution in [0.15, 0.2) is 93.1 Å². The van der Waals surface area contributed by atoms with Gasteiger partial charge in [-0.3, -0.25) is 0 Å². The Kier molecular flexibility index (Phi) is 5.60. The maximum absolute atomic E-state index is 12.7. The Morgan fingerprint density at radius 1 is 0.933 bits per heavy atom. The zero-order valence-electron chi connectivity index (χ0n) is 15.8. The first kappa shape index (κ1) is 19.8. The predicted octanol–water partition coefficient (Wildman–Crippen LogP) is 3.25. The summed E-state index contributed by atoms with van der Waals surface area (Å²) in [5, 5.41) is 0.526. The van der Waals surface area contributed by atoms with E-state index in [9.17, 15) is 13.2 Å². The third-order valence-corrected chi connectivity index (χ3v) is 5.80. The first-order valence-electron chi connectivity index (χ1n) is 9.15. The minimum atomic E-state index is -3.76. The largest absolute Gasteiger partial charge is 0.473 e. The lowest BCUT2D eigenvalue weighted by molar-refractivity contribution is 0.293. The normalized spacial score (nSPS) is 11.5. The topological polar surface area (TPSA) is 98.5 Å². The monoisotopic (exact) mass is 422 g/mol. The third kappa shape index (κ3) is 4.73. The summed E-state index contributed by atoms with van der Waals surface area (Å²) in [5.74, 6) is 0.413. The van der Waals surface area contributed by atoms with Crippen molar-refractivity contribution in [3.8, 4) is 5.88 Å². The molecule has 4 aromatic rings. The van der Waals surface area contributed by atoms with E-state index in [0.717, 1.165) is 5.56 Å². The molecule has 0 spiro atoms. The highest BCUT2D eigenvalue weighted by Crippen LogP contribution is 2.18. The van der Waals surface area contributed by atoms with E-state index in [1.807, 2.05) is 30.3 Å². The zero-order chi connectivity index (χ0) is 21.0. The van der Waals surface area contributed by atoms with Crippen LogP contribution in [0.25, 0.3) is 11.0 Å². The highest BCUT2D eigenvalue weighted by molar-refractivity contribution is 7.89. The molecule has 0 saturated heterocycles. The van der Waals surface area contributed by atoms with Crippen LogP contribution in [0, 0.1) is 0 Å². The molecule has 0 amide bonds. The Morgan fingerprint density at radius 2 is 1.77 bits per heavy atom. The summed E-state index contributed by atoms with van der Waals surface area (Å²) in [7, 11) is -3.76. The molecule has 4 rings (SSSR count). The van der Waals surface area contributed by atoms with Crippen molar-refractivity contribution in [3.05, 3.63) is 101 Å². The molecule has 0 bridgehead atoms. The number of rotatable bonds is 7. The zero-order valence-corrected chi connectivity index (χ0v) is 16.6. The Bertz CT molecular complexity index is 1330. The van der Waals surface area contributed by atoms with Gasteiger partial charge in [0.2, 0.25) is 15.9 Å². The molecule has 0 unspecified atom stereocenters. The van der Waals surface area contributed by atoms with Gasteiger partial charge >= 0.3 is 5.63 Å². The summed E-state index contributed by atoms with van der Waals surface area (Å²) < 4.78 is 38.6. The van der Waals surface area contributed by atoms with Crippen LogP contribution in [-0.2, 0) is 23.2 Å². The quantitative estimate of drug-likeness (QED) is 0.459. The van der Waals surface area contributed by atoms with Crippen LogP contribution in [0.2, 0.25) is 0 Å². The molecular formula is C22H18N2O5S. The maximum Gasteiger partial charge on any atom is 0.336 e. The minimum Gasteiger partial charge on any atom is -0.473 e. The molecular weight excluding hydrogens is 404 g/mol. The number of pyridine rings is 1. The van der Waals surface area contributed by atoms with Gasteiger partial charge in [-0.05, 0) is 41.5 Å². The fraction of sp³-hybridized carbons (Fsp3) is 0.0909. The van der Waals surface area contributed by atoms with E-state index in [2.05, 4.69) is 9.71 Å². The fourth-order valence-corrected chi connectivity index (χ4v) is 3.90. The van der Waals surface area contributed by atoms with Crippen molar-refractivity contribution >= 4 is 21.0 Å². The van der Waals surface area contributed by atoms with E-state index in [1.54, 1.807) is 18.3 Å². The number of fused-ring (bicyclic) bond motifs is 1. The van der Waals surface area contributed by atoms with Crippen LogP contribution in [0.4, 0.5) is 0 Å². The van der Waals surface area contributed by atoms with Gasteiger partial charge in [0.15, 0.2) is 0 Å². The van der Waals surface area contributed by atoms with Gasteiger partial charge in [0.05, 0.1) is 4.90 Å². The SMILES string of the molecule is O=c1ccc2cc(S(=O)(=O)NCc3ccnc(OCc4ccccc4)c3)ccc2o1. The van der Waals surface area contributed by atoms with Crippen molar-refractivity contribution in [1.29, 1.82) is 0 Å². The summed E-state index contributed by atoms with van der Waals surface area (Å²) in [4.78, 5) is 15.5. The van der Waals surface area contributed by atoms with Crippen molar-refractivity contribution in [2.45, 2.75) is 18.0 Å². The van der Waals surface area contributed by atoms with Gasteiger partial charge in [0.1, 0.15) is 12.2 Å². The number of nitrogens with one attached hydrogen (secondary N) is 1. The molecule has 7 nitrogen and oxygen atoms in total. The van der Waals surface area contributed by atoms with Crippen LogP contribution in [0.3, 0.4) is 0 Å². The predicted molar refractivity (Wildman–Crippen MR) is 112 cm³/mol. The van der Waals surface area contributed by atoms with Crippen molar-refractivity contribution in [2.75, 3.05) is 0 Å². The smallest absolute Gasteiger partial charge is 0.336 e. The lowest BCUT2D eigenvalue weighted by atomic mass is 10.2.